The third-order valence-electron chi connectivity index (χ3n) is 6.52. The van der Waals surface area contributed by atoms with Gasteiger partial charge in [0.2, 0.25) is 0 Å². The number of halogens is 1. The third kappa shape index (κ3) is 7.26. The van der Waals surface area contributed by atoms with Gasteiger partial charge in [-0.15, -0.1) is 0 Å². The van der Waals surface area contributed by atoms with E-state index in [4.69, 9.17) is 14.5 Å². The van der Waals surface area contributed by atoms with E-state index >= 15 is 0 Å². The summed E-state index contributed by atoms with van der Waals surface area (Å²) in [5.41, 5.74) is 5.35. The van der Waals surface area contributed by atoms with Crippen molar-refractivity contribution in [1.82, 2.24) is 0 Å². The first kappa shape index (κ1) is 30.3. The number of amidine groups is 1. The highest BCUT2D eigenvalue weighted by molar-refractivity contribution is 14.1. The molecule has 1 amide bonds. The Hall–Kier alpha value is -4.16. The summed E-state index contributed by atoms with van der Waals surface area (Å²) in [5, 5.41) is 11.5. The second-order valence-electron chi connectivity index (χ2n) is 9.79. The summed E-state index contributed by atoms with van der Waals surface area (Å²) in [6, 6.07) is 25.7. The molecular formula is C33H28IN3O5S. The SMILES string of the molecule is CCOc1cc(/C=C2\SC(=Nc3ccc(C)cc3)N(c3ccc(C)cc3)C2=O)cc(I)c1OCc1ccc([N+](=O)[O-])cc1. The predicted molar refractivity (Wildman–Crippen MR) is 180 cm³/mol. The molecule has 0 saturated carbocycles. The molecule has 4 aromatic carbocycles. The van der Waals surface area contributed by atoms with Gasteiger partial charge in [-0.1, -0.05) is 35.4 Å². The molecule has 43 heavy (non-hydrogen) atoms. The molecule has 0 spiro atoms. The molecule has 1 saturated heterocycles. The van der Waals surface area contributed by atoms with Crippen LogP contribution in [0.4, 0.5) is 17.1 Å². The van der Waals surface area contributed by atoms with Gasteiger partial charge in [-0.3, -0.25) is 19.8 Å². The van der Waals surface area contributed by atoms with Crippen LogP contribution in [0.25, 0.3) is 6.08 Å². The monoisotopic (exact) mass is 705 g/mol. The minimum absolute atomic E-state index is 0.0260. The van der Waals surface area contributed by atoms with Gasteiger partial charge in [0.25, 0.3) is 11.6 Å². The molecule has 0 radical (unpaired) electrons. The van der Waals surface area contributed by atoms with Crippen molar-refractivity contribution in [3.8, 4) is 11.5 Å². The number of thioether (sulfide) groups is 1. The fraction of sp³-hybridized carbons (Fsp3) is 0.152. The first-order chi connectivity index (χ1) is 20.7. The number of hydrogen-bond donors (Lipinski definition) is 0. The molecule has 0 bridgehead atoms. The summed E-state index contributed by atoms with van der Waals surface area (Å²) in [7, 11) is 0. The summed E-state index contributed by atoms with van der Waals surface area (Å²) in [5.74, 6) is 0.949. The maximum Gasteiger partial charge on any atom is 0.271 e. The molecule has 0 aromatic heterocycles. The molecule has 1 aliphatic rings. The molecule has 4 aromatic rings. The number of nitro benzene ring substituents is 1. The van der Waals surface area contributed by atoms with Gasteiger partial charge in [0.05, 0.1) is 31.4 Å². The number of rotatable bonds is 9. The highest BCUT2D eigenvalue weighted by Gasteiger charge is 2.35. The van der Waals surface area contributed by atoms with Crippen molar-refractivity contribution in [3.63, 3.8) is 0 Å². The lowest BCUT2D eigenvalue weighted by Gasteiger charge is -2.16. The Morgan fingerprint density at radius 1 is 0.953 bits per heavy atom. The number of anilines is 1. The Bertz CT molecular complexity index is 1720. The first-order valence-corrected chi connectivity index (χ1v) is 15.4. The molecule has 10 heteroatoms. The van der Waals surface area contributed by atoms with Crippen molar-refractivity contribution < 1.29 is 19.2 Å². The normalized spacial score (nSPS) is 14.9. The van der Waals surface area contributed by atoms with Crippen LogP contribution in [0.1, 0.15) is 29.2 Å². The smallest absolute Gasteiger partial charge is 0.271 e. The number of benzene rings is 4. The molecule has 0 aliphatic carbocycles. The summed E-state index contributed by atoms with van der Waals surface area (Å²) in [4.78, 5) is 31.3. The highest BCUT2D eigenvalue weighted by Crippen LogP contribution is 2.40. The average molecular weight is 706 g/mol. The maximum atomic E-state index is 13.8. The maximum absolute atomic E-state index is 13.8. The van der Waals surface area contributed by atoms with Gasteiger partial charge < -0.3 is 9.47 Å². The summed E-state index contributed by atoms with van der Waals surface area (Å²) in [6.07, 6.45) is 1.84. The molecule has 1 heterocycles. The average Bonchev–Trinajstić information content (AvgIpc) is 3.28. The summed E-state index contributed by atoms with van der Waals surface area (Å²) in [6.45, 7) is 6.56. The van der Waals surface area contributed by atoms with Crippen molar-refractivity contribution in [2.75, 3.05) is 11.5 Å². The molecule has 5 rings (SSSR count). The number of ether oxygens (including phenoxy) is 2. The molecule has 218 valence electrons. The number of nitro groups is 1. The number of aliphatic imine (C=N–C) groups is 1. The molecule has 0 unspecified atom stereocenters. The molecule has 1 fully saturated rings. The first-order valence-electron chi connectivity index (χ1n) is 13.5. The van der Waals surface area contributed by atoms with E-state index in [2.05, 4.69) is 22.6 Å². The van der Waals surface area contributed by atoms with Gasteiger partial charge in [0, 0.05) is 12.1 Å². The van der Waals surface area contributed by atoms with E-state index in [1.165, 1.54) is 23.9 Å². The minimum atomic E-state index is -0.432. The van der Waals surface area contributed by atoms with E-state index in [1.807, 2.05) is 87.5 Å². The topological polar surface area (TPSA) is 94.3 Å². The van der Waals surface area contributed by atoms with E-state index < -0.39 is 4.92 Å². The molecule has 1 aliphatic heterocycles. The lowest BCUT2D eigenvalue weighted by Crippen LogP contribution is -2.28. The molecular weight excluding hydrogens is 677 g/mol. The zero-order chi connectivity index (χ0) is 30.5. The van der Waals surface area contributed by atoms with E-state index in [-0.39, 0.29) is 18.2 Å². The summed E-state index contributed by atoms with van der Waals surface area (Å²) >= 11 is 3.51. The minimum Gasteiger partial charge on any atom is -0.490 e. The van der Waals surface area contributed by atoms with Gasteiger partial charge in [-0.05, 0) is 121 Å². The van der Waals surface area contributed by atoms with Gasteiger partial charge >= 0.3 is 0 Å². The molecule has 0 atom stereocenters. The Kier molecular flexibility index (Phi) is 9.46. The van der Waals surface area contributed by atoms with E-state index in [0.29, 0.717) is 28.2 Å². The van der Waals surface area contributed by atoms with Crippen LogP contribution in [-0.4, -0.2) is 22.6 Å². The van der Waals surface area contributed by atoms with Crippen LogP contribution in [0, 0.1) is 27.5 Å². The van der Waals surface area contributed by atoms with Crippen LogP contribution in [-0.2, 0) is 11.4 Å². The lowest BCUT2D eigenvalue weighted by molar-refractivity contribution is -0.384. The Morgan fingerprint density at radius 2 is 1.60 bits per heavy atom. The number of carbonyl (C=O) groups excluding carboxylic acids is 1. The van der Waals surface area contributed by atoms with Crippen molar-refractivity contribution in [3.05, 3.63) is 126 Å². The van der Waals surface area contributed by atoms with E-state index in [1.54, 1.807) is 17.0 Å². The second-order valence-corrected chi connectivity index (χ2v) is 12.0. The number of amides is 1. The number of carbonyl (C=O) groups is 1. The van der Waals surface area contributed by atoms with E-state index in [9.17, 15) is 14.9 Å². The quantitative estimate of drug-likeness (QED) is 0.0750. The van der Waals surface area contributed by atoms with Gasteiger partial charge in [-0.25, -0.2) is 4.99 Å². The Morgan fingerprint density at radius 3 is 2.23 bits per heavy atom. The standard InChI is InChI=1S/C33H28IN3O5S/c1-4-41-29-18-24(17-28(34)31(29)42-20-23-9-15-27(16-10-23)37(39)40)19-30-32(38)36(26-13-7-22(3)8-14-26)33(43-30)35-25-11-5-21(2)6-12-25/h5-19H,4,20H2,1-3H3/b30-19-,35-33?. The van der Waals surface area contributed by atoms with Gasteiger partial charge in [0.15, 0.2) is 16.7 Å². The number of non-ortho nitro benzene ring substituents is 1. The highest BCUT2D eigenvalue weighted by atomic mass is 127. The second kappa shape index (κ2) is 13.4. The van der Waals surface area contributed by atoms with Crippen LogP contribution in [0.5, 0.6) is 11.5 Å². The van der Waals surface area contributed by atoms with Crippen LogP contribution < -0.4 is 14.4 Å². The van der Waals surface area contributed by atoms with Crippen LogP contribution in [0.2, 0.25) is 0 Å². The lowest BCUT2D eigenvalue weighted by atomic mass is 10.1. The molecule has 8 nitrogen and oxygen atoms in total. The number of aryl methyl sites for hydroxylation is 2. The Labute approximate surface area is 267 Å². The summed E-state index contributed by atoms with van der Waals surface area (Å²) < 4.78 is 12.8. The van der Waals surface area contributed by atoms with Crippen molar-refractivity contribution in [2.24, 2.45) is 4.99 Å². The zero-order valence-corrected chi connectivity index (χ0v) is 26.7. The van der Waals surface area contributed by atoms with Gasteiger partial charge in [-0.2, -0.15) is 0 Å². The van der Waals surface area contributed by atoms with Crippen LogP contribution in [0.15, 0.2) is 94.8 Å². The fourth-order valence-electron chi connectivity index (χ4n) is 4.30. The molecule has 0 N–H and O–H groups in total. The third-order valence-corrected chi connectivity index (χ3v) is 8.29. The predicted octanol–water partition coefficient (Wildman–Crippen LogP) is 8.60. The van der Waals surface area contributed by atoms with Crippen LogP contribution >= 0.6 is 34.4 Å². The Balaban J connectivity index is 1.45. The number of nitrogens with zero attached hydrogens (tertiary/aromatic N) is 3. The zero-order valence-electron chi connectivity index (χ0n) is 23.7. The van der Waals surface area contributed by atoms with Crippen molar-refractivity contribution in [1.29, 1.82) is 0 Å². The van der Waals surface area contributed by atoms with Gasteiger partial charge in [0.1, 0.15) is 6.61 Å². The fourth-order valence-corrected chi connectivity index (χ4v) is 6.08. The van der Waals surface area contributed by atoms with E-state index in [0.717, 1.165) is 37.2 Å². The number of hydrogen-bond acceptors (Lipinski definition) is 7. The van der Waals surface area contributed by atoms with Crippen molar-refractivity contribution in [2.45, 2.75) is 27.4 Å². The van der Waals surface area contributed by atoms with Crippen molar-refractivity contribution >= 4 is 68.6 Å². The largest absolute Gasteiger partial charge is 0.490 e. The van der Waals surface area contributed by atoms with Crippen LogP contribution in [0.3, 0.4) is 0 Å².